The third-order valence-electron chi connectivity index (χ3n) is 5.47. The number of hydrogen-bond acceptors (Lipinski definition) is 3. The first-order valence-electron chi connectivity index (χ1n) is 9.89. The number of allylic oxidation sites excluding steroid dienone is 1. The van der Waals surface area contributed by atoms with Gasteiger partial charge in [0.1, 0.15) is 11.8 Å². The molecule has 0 amide bonds. The van der Waals surface area contributed by atoms with E-state index in [1.807, 2.05) is 0 Å². The van der Waals surface area contributed by atoms with Crippen molar-refractivity contribution in [2.45, 2.75) is 65.3 Å². The quantitative estimate of drug-likeness (QED) is 0.488. The third-order valence-corrected chi connectivity index (χ3v) is 5.47. The molecule has 0 unspecified atom stereocenters. The Morgan fingerprint density at radius 3 is 2.39 bits per heavy atom. The van der Waals surface area contributed by atoms with Crippen LogP contribution in [0.25, 0.3) is 0 Å². The monoisotopic (exact) mass is 397 g/mol. The first kappa shape index (κ1) is 22.3. The zero-order valence-corrected chi connectivity index (χ0v) is 16.9. The van der Waals surface area contributed by atoms with Crippen LogP contribution in [0.15, 0.2) is 42.1 Å². The molecule has 1 aliphatic carbocycles. The van der Waals surface area contributed by atoms with Gasteiger partial charge >= 0.3 is 12.1 Å². The van der Waals surface area contributed by atoms with E-state index < -0.39 is 23.9 Å². The molecule has 2 rings (SSSR count). The second-order valence-corrected chi connectivity index (χ2v) is 8.13. The second-order valence-electron chi connectivity index (χ2n) is 8.13. The van der Waals surface area contributed by atoms with Gasteiger partial charge in [0.05, 0.1) is 6.08 Å². The summed E-state index contributed by atoms with van der Waals surface area (Å²) in [7, 11) is 0. The van der Waals surface area contributed by atoms with Crippen LogP contribution in [-0.4, -0.2) is 18.2 Å². The number of rotatable bonds is 6. The number of carbonyl (C=O) groups is 1. The predicted octanol–water partition coefficient (Wildman–Crippen LogP) is 5.79. The number of alkyl halides is 3. The summed E-state index contributed by atoms with van der Waals surface area (Å²) in [5.41, 5.74) is -0.384. The molecule has 1 aliphatic rings. The van der Waals surface area contributed by atoms with Crippen molar-refractivity contribution >= 4 is 5.97 Å². The lowest BCUT2D eigenvalue weighted by Crippen LogP contribution is -2.36. The molecule has 0 radical (unpaired) electrons. The van der Waals surface area contributed by atoms with Crippen LogP contribution in [0.4, 0.5) is 13.2 Å². The minimum Gasteiger partial charge on any atom is -0.459 e. The maximum absolute atomic E-state index is 13.5. The summed E-state index contributed by atoms with van der Waals surface area (Å²) in [6.45, 7) is 7.82. The van der Waals surface area contributed by atoms with Crippen LogP contribution in [0.3, 0.4) is 0 Å². The lowest BCUT2D eigenvalue weighted by atomic mass is 9.75. The molecule has 1 N–H and O–H groups in total. The van der Waals surface area contributed by atoms with E-state index in [1.165, 1.54) is 0 Å². The van der Waals surface area contributed by atoms with Gasteiger partial charge in [0, 0.05) is 6.04 Å². The molecular weight excluding hydrogens is 367 g/mol. The van der Waals surface area contributed by atoms with Gasteiger partial charge in [-0.25, -0.2) is 4.79 Å². The van der Waals surface area contributed by atoms with E-state index in [9.17, 15) is 18.0 Å². The fourth-order valence-electron chi connectivity index (χ4n) is 3.81. The average Bonchev–Trinajstić information content (AvgIpc) is 2.60. The molecule has 0 spiro atoms. The minimum atomic E-state index is -4.67. The van der Waals surface area contributed by atoms with E-state index in [0.29, 0.717) is 29.9 Å². The van der Waals surface area contributed by atoms with Gasteiger partial charge < -0.3 is 10.1 Å². The fraction of sp³-hybridized carbons (Fsp3) is 0.591. The van der Waals surface area contributed by atoms with Crippen molar-refractivity contribution in [2.24, 2.45) is 17.8 Å². The van der Waals surface area contributed by atoms with E-state index in [0.717, 1.165) is 12.8 Å². The maximum atomic E-state index is 13.5. The molecular formula is C22H30F3NO2. The standard InChI is InChI=1S/C22H30F3NO2/c1-14(2)18-11-10-15(3)12-19(18)28-21(27)13-20(22(23,24)25)26-16(4)17-8-6-5-7-9-17/h5-9,13-16,18-19,26H,10-12H2,1-4H3/b20-13+/t15-,16-,18+,19-/m1/s1. The van der Waals surface area contributed by atoms with Crippen molar-refractivity contribution < 1.29 is 22.7 Å². The van der Waals surface area contributed by atoms with Gasteiger partial charge in [-0.1, -0.05) is 57.5 Å². The van der Waals surface area contributed by atoms with Crippen LogP contribution in [0, 0.1) is 17.8 Å². The molecule has 1 aromatic carbocycles. The van der Waals surface area contributed by atoms with Gasteiger partial charge in [0.2, 0.25) is 0 Å². The number of benzene rings is 1. The Hall–Kier alpha value is -1.98. The van der Waals surface area contributed by atoms with Gasteiger partial charge in [-0.3, -0.25) is 0 Å². The zero-order valence-electron chi connectivity index (χ0n) is 16.9. The van der Waals surface area contributed by atoms with E-state index in [1.54, 1.807) is 37.3 Å². The topological polar surface area (TPSA) is 38.3 Å². The Balaban J connectivity index is 2.13. The van der Waals surface area contributed by atoms with Crippen LogP contribution in [-0.2, 0) is 9.53 Å². The molecule has 6 heteroatoms. The Morgan fingerprint density at radius 1 is 1.18 bits per heavy atom. The maximum Gasteiger partial charge on any atom is 0.431 e. The highest BCUT2D eigenvalue weighted by molar-refractivity contribution is 5.83. The molecule has 0 bridgehead atoms. The molecule has 0 aliphatic heterocycles. The summed E-state index contributed by atoms with van der Waals surface area (Å²) in [6, 6.07) is 8.19. The summed E-state index contributed by atoms with van der Waals surface area (Å²) in [5.74, 6) is -0.0494. The second kappa shape index (κ2) is 9.48. The minimum absolute atomic E-state index is 0.180. The highest BCUT2D eigenvalue weighted by atomic mass is 19.4. The van der Waals surface area contributed by atoms with E-state index in [4.69, 9.17) is 4.74 Å². The Morgan fingerprint density at radius 2 is 1.82 bits per heavy atom. The lowest BCUT2D eigenvalue weighted by molar-refractivity contribution is -0.150. The van der Waals surface area contributed by atoms with Crippen LogP contribution >= 0.6 is 0 Å². The number of carbonyl (C=O) groups excluding carboxylic acids is 1. The third kappa shape index (κ3) is 6.28. The lowest BCUT2D eigenvalue weighted by Gasteiger charge is -2.36. The normalized spacial score (nSPS) is 24.7. The number of ether oxygens (including phenoxy) is 1. The molecule has 0 heterocycles. The number of esters is 1. The Labute approximate surface area is 165 Å². The molecule has 1 aromatic rings. The summed E-state index contributed by atoms with van der Waals surface area (Å²) in [5, 5.41) is 2.42. The van der Waals surface area contributed by atoms with E-state index in [-0.39, 0.29) is 12.0 Å². The van der Waals surface area contributed by atoms with Crippen LogP contribution < -0.4 is 5.32 Å². The van der Waals surface area contributed by atoms with Crippen molar-refractivity contribution in [1.82, 2.24) is 5.32 Å². The van der Waals surface area contributed by atoms with Crippen molar-refractivity contribution in [3.05, 3.63) is 47.7 Å². The van der Waals surface area contributed by atoms with Gasteiger partial charge in [-0.05, 0) is 43.1 Å². The summed E-state index contributed by atoms with van der Waals surface area (Å²) >= 11 is 0. The van der Waals surface area contributed by atoms with Crippen LogP contribution in [0.5, 0.6) is 0 Å². The van der Waals surface area contributed by atoms with Crippen molar-refractivity contribution in [1.29, 1.82) is 0 Å². The van der Waals surface area contributed by atoms with Gasteiger partial charge in [0.25, 0.3) is 0 Å². The molecule has 0 saturated heterocycles. The summed E-state index contributed by atoms with van der Waals surface area (Å²) in [6.07, 6.45) is -1.78. The average molecular weight is 397 g/mol. The van der Waals surface area contributed by atoms with E-state index in [2.05, 4.69) is 26.1 Å². The highest BCUT2D eigenvalue weighted by Gasteiger charge is 2.37. The molecule has 156 valence electrons. The number of halogens is 3. The first-order chi connectivity index (χ1) is 13.1. The first-order valence-corrected chi connectivity index (χ1v) is 9.89. The SMILES string of the molecule is CC(C)[C@@H]1CC[C@@H](C)C[C@H]1OC(=O)/C=C(/N[C@H](C)c1ccccc1)C(F)(F)F. The fourth-order valence-corrected chi connectivity index (χ4v) is 3.81. The molecule has 3 nitrogen and oxygen atoms in total. The highest BCUT2D eigenvalue weighted by Crippen LogP contribution is 2.35. The summed E-state index contributed by atoms with van der Waals surface area (Å²) < 4.78 is 45.9. The predicted molar refractivity (Wildman–Crippen MR) is 103 cm³/mol. The van der Waals surface area contributed by atoms with Crippen molar-refractivity contribution in [3.63, 3.8) is 0 Å². The van der Waals surface area contributed by atoms with Crippen molar-refractivity contribution in [2.75, 3.05) is 0 Å². The van der Waals surface area contributed by atoms with Gasteiger partial charge in [-0.2, -0.15) is 13.2 Å². The smallest absolute Gasteiger partial charge is 0.431 e. The van der Waals surface area contributed by atoms with Crippen LogP contribution in [0.1, 0.15) is 58.6 Å². The zero-order chi connectivity index (χ0) is 20.9. The van der Waals surface area contributed by atoms with E-state index >= 15 is 0 Å². The Bertz CT molecular complexity index is 670. The number of hydrogen-bond donors (Lipinski definition) is 1. The van der Waals surface area contributed by atoms with Gasteiger partial charge in [0.15, 0.2) is 0 Å². The molecule has 1 fully saturated rings. The molecule has 28 heavy (non-hydrogen) atoms. The largest absolute Gasteiger partial charge is 0.459 e. The molecule has 4 atom stereocenters. The van der Waals surface area contributed by atoms with Crippen LogP contribution in [0.2, 0.25) is 0 Å². The summed E-state index contributed by atoms with van der Waals surface area (Å²) in [4.78, 5) is 12.3. The molecule has 1 saturated carbocycles. The number of nitrogens with one attached hydrogen (secondary N) is 1. The Kier molecular flexibility index (Phi) is 7.55. The molecule has 0 aromatic heterocycles. The van der Waals surface area contributed by atoms with Crippen molar-refractivity contribution in [3.8, 4) is 0 Å². The van der Waals surface area contributed by atoms with Gasteiger partial charge in [-0.15, -0.1) is 0 Å².